The fourth-order valence-corrected chi connectivity index (χ4v) is 3.64. The second-order valence-corrected chi connectivity index (χ2v) is 6.77. The Morgan fingerprint density at radius 1 is 1.00 bits per heavy atom. The van der Waals surface area contributed by atoms with Crippen molar-refractivity contribution in [1.82, 2.24) is 4.90 Å². The SMILES string of the molecule is Fc1cc(F)cc(NCc2cc(CN3CCCCC3)cs2)c1. The van der Waals surface area contributed by atoms with Gasteiger partial charge in [-0.1, -0.05) is 6.42 Å². The van der Waals surface area contributed by atoms with Crippen molar-refractivity contribution in [3.63, 3.8) is 0 Å². The summed E-state index contributed by atoms with van der Waals surface area (Å²) < 4.78 is 26.3. The van der Waals surface area contributed by atoms with E-state index in [4.69, 9.17) is 0 Å². The molecule has 0 radical (unpaired) electrons. The van der Waals surface area contributed by atoms with Gasteiger partial charge in [0.05, 0.1) is 0 Å². The van der Waals surface area contributed by atoms with Gasteiger partial charge in [0, 0.05) is 29.7 Å². The van der Waals surface area contributed by atoms with E-state index in [1.807, 2.05) is 0 Å². The van der Waals surface area contributed by atoms with Gasteiger partial charge >= 0.3 is 0 Å². The lowest BCUT2D eigenvalue weighted by Gasteiger charge is -2.25. The number of anilines is 1. The van der Waals surface area contributed by atoms with E-state index in [1.165, 1.54) is 54.9 Å². The number of benzene rings is 1. The van der Waals surface area contributed by atoms with Crippen molar-refractivity contribution in [2.75, 3.05) is 18.4 Å². The Hall–Kier alpha value is -1.46. The summed E-state index contributed by atoms with van der Waals surface area (Å²) in [7, 11) is 0. The minimum Gasteiger partial charge on any atom is -0.380 e. The van der Waals surface area contributed by atoms with E-state index in [-0.39, 0.29) is 0 Å². The number of hydrogen-bond acceptors (Lipinski definition) is 3. The molecule has 5 heteroatoms. The molecule has 118 valence electrons. The van der Waals surface area contributed by atoms with E-state index in [0.717, 1.165) is 12.6 Å². The van der Waals surface area contributed by atoms with Crippen molar-refractivity contribution >= 4 is 17.0 Å². The van der Waals surface area contributed by atoms with Crippen LogP contribution in [0.2, 0.25) is 0 Å². The van der Waals surface area contributed by atoms with Gasteiger partial charge in [-0.15, -0.1) is 11.3 Å². The first kappa shape index (κ1) is 15.4. The Morgan fingerprint density at radius 3 is 2.45 bits per heavy atom. The first-order chi connectivity index (χ1) is 10.7. The van der Waals surface area contributed by atoms with Crippen LogP contribution >= 0.6 is 11.3 Å². The standard InChI is InChI=1S/C17H20F2N2S/c18-14-7-15(19)9-16(8-14)20-10-17-6-13(12-22-17)11-21-4-2-1-3-5-21/h6-9,12,20H,1-5,10-11H2. The highest BCUT2D eigenvalue weighted by Crippen LogP contribution is 2.20. The highest BCUT2D eigenvalue weighted by Gasteiger charge is 2.11. The van der Waals surface area contributed by atoms with Crippen molar-refractivity contribution in [3.8, 4) is 0 Å². The summed E-state index contributed by atoms with van der Waals surface area (Å²) in [5.41, 5.74) is 1.80. The van der Waals surface area contributed by atoms with Crippen molar-refractivity contribution in [3.05, 3.63) is 51.7 Å². The van der Waals surface area contributed by atoms with Gasteiger partial charge in [-0.25, -0.2) is 8.78 Å². The van der Waals surface area contributed by atoms with E-state index in [9.17, 15) is 8.78 Å². The molecule has 3 rings (SSSR count). The third-order valence-electron chi connectivity index (χ3n) is 3.89. The number of nitrogens with one attached hydrogen (secondary N) is 1. The van der Waals surface area contributed by atoms with Gasteiger partial charge in [0.1, 0.15) is 11.6 Å². The quantitative estimate of drug-likeness (QED) is 0.864. The predicted molar refractivity (Wildman–Crippen MR) is 87.1 cm³/mol. The second-order valence-electron chi connectivity index (χ2n) is 5.77. The van der Waals surface area contributed by atoms with Crippen LogP contribution in [-0.2, 0) is 13.1 Å². The average molecular weight is 322 g/mol. The molecule has 0 bridgehead atoms. The van der Waals surface area contributed by atoms with Crippen LogP contribution < -0.4 is 5.32 Å². The number of hydrogen-bond donors (Lipinski definition) is 1. The molecule has 0 amide bonds. The molecule has 1 saturated heterocycles. The van der Waals surface area contributed by atoms with Crippen LogP contribution in [0.25, 0.3) is 0 Å². The number of halogens is 2. The van der Waals surface area contributed by atoms with E-state index >= 15 is 0 Å². The zero-order chi connectivity index (χ0) is 15.4. The van der Waals surface area contributed by atoms with Crippen molar-refractivity contribution in [2.24, 2.45) is 0 Å². The van der Waals surface area contributed by atoms with Crippen LogP contribution in [-0.4, -0.2) is 18.0 Å². The topological polar surface area (TPSA) is 15.3 Å². The minimum absolute atomic E-state index is 0.475. The predicted octanol–water partition coefficient (Wildman–Crippen LogP) is 4.62. The van der Waals surface area contributed by atoms with Gasteiger partial charge in [-0.05, 0) is 55.1 Å². The zero-order valence-electron chi connectivity index (χ0n) is 12.4. The highest BCUT2D eigenvalue weighted by molar-refractivity contribution is 7.10. The largest absolute Gasteiger partial charge is 0.380 e. The molecule has 2 nitrogen and oxygen atoms in total. The molecule has 2 aromatic rings. The summed E-state index contributed by atoms with van der Waals surface area (Å²) in [5.74, 6) is -1.11. The van der Waals surface area contributed by atoms with Crippen LogP contribution in [0.4, 0.5) is 14.5 Å². The Bertz CT molecular complexity index is 601. The molecule has 0 atom stereocenters. The Kier molecular flexibility index (Phi) is 5.05. The summed E-state index contributed by atoms with van der Waals surface area (Å²) in [6.07, 6.45) is 3.94. The Balaban J connectivity index is 1.54. The molecule has 1 aromatic carbocycles. The number of thiophene rings is 1. The lowest BCUT2D eigenvalue weighted by molar-refractivity contribution is 0.221. The summed E-state index contributed by atoms with van der Waals surface area (Å²) in [4.78, 5) is 3.67. The van der Waals surface area contributed by atoms with Gasteiger partial charge in [0.2, 0.25) is 0 Å². The average Bonchev–Trinajstić information content (AvgIpc) is 2.93. The minimum atomic E-state index is -0.556. The lowest BCUT2D eigenvalue weighted by atomic mass is 10.1. The number of likely N-dealkylation sites (tertiary alicyclic amines) is 1. The van der Waals surface area contributed by atoms with Gasteiger partial charge in [0.15, 0.2) is 0 Å². The smallest absolute Gasteiger partial charge is 0.128 e. The highest BCUT2D eigenvalue weighted by atomic mass is 32.1. The van der Waals surface area contributed by atoms with E-state index in [1.54, 1.807) is 11.3 Å². The first-order valence-corrected chi connectivity index (χ1v) is 8.55. The summed E-state index contributed by atoms with van der Waals surface area (Å²) >= 11 is 1.69. The van der Waals surface area contributed by atoms with Gasteiger partial charge in [-0.3, -0.25) is 4.90 Å². The molecule has 1 N–H and O–H groups in total. The lowest BCUT2D eigenvalue weighted by Crippen LogP contribution is -2.28. The molecule has 0 spiro atoms. The fraction of sp³-hybridized carbons (Fsp3) is 0.412. The molecule has 1 aliphatic heterocycles. The van der Waals surface area contributed by atoms with E-state index in [2.05, 4.69) is 21.7 Å². The van der Waals surface area contributed by atoms with E-state index < -0.39 is 11.6 Å². The number of piperidine rings is 1. The number of rotatable bonds is 5. The monoisotopic (exact) mass is 322 g/mol. The maximum atomic E-state index is 13.1. The normalized spacial score (nSPS) is 15.9. The van der Waals surface area contributed by atoms with Crippen LogP contribution in [0, 0.1) is 11.6 Å². The Morgan fingerprint density at radius 2 is 1.73 bits per heavy atom. The van der Waals surface area contributed by atoms with E-state index in [0.29, 0.717) is 12.2 Å². The molecule has 1 fully saturated rings. The molecular formula is C17H20F2N2S. The maximum Gasteiger partial charge on any atom is 0.128 e. The molecule has 2 heterocycles. The van der Waals surface area contributed by atoms with Crippen LogP contribution in [0.1, 0.15) is 29.7 Å². The molecule has 0 unspecified atom stereocenters. The zero-order valence-corrected chi connectivity index (χ0v) is 13.3. The van der Waals surface area contributed by atoms with Crippen LogP contribution in [0.5, 0.6) is 0 Å². The second kappa shape index (κ2) is 7.20. The summed E-state index contributed by atoms with van der Waals surface area (Å²) in [6, 6.07) is 5.69. The summed E-state index contributed by atoms with van der Waals surface area (Å²) in [6.45, 7) is 3.97. The molecule has 22 heavy (non-hydrogen) atoms. The molecule has 0 saturated carbocycles. The maximum absolute atomic E-state index is 13.1. The molecule has 0 aliphatic carbocycles. The molecule has 1 aliphatic rings. The van der Waals surface area contributed by atoms with Crippen LogP contribution in [0.3, 0.4) is 0 Å². The van der Waals surface area contributed by atoms with Gasteiger partial charge in [0.25, 0.3) is 0 Å². The van der Waals surface area contributed by atoms with Crippen LogP contribution in [0.15, 0.2) is 29.6 Å². The van der Waals surface area contributed by atoms with Crippen molar-refractivity contribution in [1.29, 1.82) is 0 Å². The Labute approximate surface area is 133 Å². The molecule has 1 aromatic heterocycles. The van der Waals surface area contributed by atoms with Gasteiger partial charge in [-0.2, -0.15) is 0 Å². The third-order valence-corrected chi connectivity index (χ3v) is 4.88. The first-order valence-electron chi connectivity index (χ1n) is 7.68. The third kappa shape index (κ3) is 4.27. The fourth-order valence-electron chi connectivity index (χ4n) is 2.82. The molecular weight excluding hydrogens is 302 g/mol. The number of nitrogens with zero attached hydrogens (tertiary/aromatic N) is 1. The summed E-state index contributed by atoms with van der Waals surface area (Å²) in [5, 5.41) is 5.25. The van der Waals surface area contributed by atoms with Crippen molar-refractivity contribution in [2.45, 2.75) is 32.4 Å². The van der Waals surface area contributed by atoms with Gasteiger partial charge < -0.3 is 5.32 Å². The van der Waals surface area contributed by atoms with Crippen molar-refractivity contribution < 1.29 is 8.78 Å².